The molecule has 1 atom stereocenters. The second-order valence-electron chi connectivity index (χ2n) is 6.89. The smallest absolute Gasteiger partial charge is 0.243 e. The fourth-order valence-electron chi connectivity index (χ4n) is 3.41. The summed E-state index contributed by atoms with van der Waals surface area (Å²) in [5, 5.41) is 0.321. The predicted molar refractivity (Wildman–Crippen MR) is 94.8 cm³/mol. The Morgan fingerprint density at radius 1 is 1.21 bits per heavy atom. The van der Waals surface area contributed by atoms with Crippen LogP contribution in [0.15, 0.2) is 28.0 Å². The van der Waals surface area contributed by atoms with E-state index in [1.807, 2.05) is 11.0 Å². The lowest BCUT2D eigenvalue weighted by Crippen LogP contribution is -2.39. The number of anilines is 1. The third-order valence-electron chi connectivity index (χ3n) is 4.88. The number of hydrogen-bond acceptors (Lipinski definition) is 4. The van der Waals surface area contributed by atoms with Crippen LogP contribution in [0.3, 0.4) is 0 Å². The molecule has 2 heterocycles. The third-order valence-corrected chi connectivity index (χ3v) is 7.93. The van der Waals surface area contributed by atoms with Gasteiger partial charge in [0.15, 0.2) is 0 Å². The first kappa shape index (κ1) is 16.4. The Kier molecular flexibility index (Phi) is 4.13. The summed E-state index contributed by atoms with van der Waals surface area (Å²) in [5.74, 6) is 0.283. The standard InChI is InChI=1S/C17H22N2O3S2/c1-12-11-19(17(20)13-4-5-13)15-10-14(6-7-16(15)23-12)24(21,22)18-8-2-3-9-18/h6-7,10,12-13H,2-5,8-9,11H2,1H3/t12-/m1/s1. The monoisotopic (exact) mass is 366 g/mol. The number of nitrogens with zero attached hydrogens (tertiary/aromatic N) is 2. The van der Waals surface area contributed by atoms with Crippen LogP contribution in [-0.2, 0) is 14.8 Å². The van der Waals surface area contributed by atoms with Crippen molar-refractivity contribution in [2.45, 2.75) is 47.6 Å². The molecule has 0 aromatic heterocycles. The summed E-state index contributed by atoms with van der Waals surface area (Å²) in [6.07, 6.45) is 3.75. The van der Waals surface area contributed by atoms with Crippen LogP contribution in [0.5, 0.6) is 0 Å². The molecule has 2 fully saturated rings. The van der Waals surface area contributed by atoms with Crippen LogP contribution < -0.4 is 4.90 Å². The number of carbonyl (C=O) groups excluding carboxylic acids is 1. The van der Waals surface area contributed by atoms with Crippen molar-refractivity contribution < 1.29 is 13.2 Å². The molecular formula is C17H22N2O3S2. The van der Waals surface area contributed by atoms with E-state index >= 15 is 0 Å². The number of sulfonamides is 1. The number of thioether (sulfide) groups is 1. The van der Waals surface area contributed by atoms with Crippen molar-refractivity contribution in [1.29, 1.82) is 0 Å². The van der Waals surface area contributed by atoms with Crippen LogP contribution in [-0.4, -0.2) is 43.5 Å². The van der Waals surface area contributed by atoms with Gasteiger partial charge in [-0.2, -0.15) is 4.31 Å². The first-order chi connectivity index (χ1) is 11.5. The van der Waals surface area contributed by atoms with Crippen molar-refractivity contribution in [2.75, 3.05) is 24.5 Å². The van der Waals surface area contributed by atoms with Crippen LogP contribution >= 0.6 is 11.8 Å². The zero-order chi connectivity index (χ0) is 16.9. The molecule has 0 N–H and O–H groups in total. The fraction of sp³-hybridized carbons (Fsp3) is 0.588. The first-order valence-corrected chi connectivity index (χ1v) is 10.9. The second-order valence-corrected chi connectivity index (χ2v) is 10.3. The highest BCUT2D eigenvalue weighted by Crippen LogP contribution is 2.43. The third kappa shape index (κ3) is 2.86. The van der Waals surface area contributed by atoms with Gasteiger partial charge >= 0.3 is 0 Å². The first-order valence-electron chi connectivity index (χ1n) is 8.59. The summed E-state index contributed by atoms with van der Waals surface area (Å²) in [6, 6.07) is 5.27. The van der Waals surface area contributed by atoms with Crippen LogP contribution in [0.25, 0.3) is 0 Å². The number of fused-ring (bicyclic) bond motifs is 1. The SMILES string of the molecule is C[C@@H]1CN(C(=O)C2CC2)c2cc(S(=O)(=O)N3CCCC3)ccc2S1. The molecule has 1 saturated carbocycles. The number of benzene rings is 1. The molecule has 0 spiro atoms. The molecule has 1 aromatic rings. The highest BCUT2D eigenvalue weighted by Gasteiger charge is 2.38. The molecule has 1 aliphatic carbocycles. The number of amides is 1. The summed E-state index contributed by atoms with van der Waals surface area (Å²) < 4.78 is 27.2. The van der Waals surface area contributed by atoms with Crippen molar-refractivity contribution in [2.24, 2.45) is 5.92 Å². The molecule has 0 bridgehead atoms. The molecule has 0 radical (unpaired) electrons. The van der Waals surface area contributed by atoms with E-state index in [4.69, 9.17) is 0 Å². The van der Waals surface area contributed by atoms with E-state index in [1.165, 1.54) is 0 Å². The Hall–Kier alpha value is -1.05. The lowest BCUT2D eigenvalue weighted by molar-refractivity contribution is -0.119. The maximum atomic E-state index is 12.8. The summed E-state index contributed by atoms with van der Waals surface area (Å²) >= 11 is 1.71. The molecule has 1 amide bonds. The lowest BCUT2D eigenvalue weighted by atomic mass is 10.2. The molecule has 7 heteroatoms. The molecule has 2 aliphatic heterocycles. The van der Waals surface area contributed by atoms with E-state index in [-0.39, 0.29) is 11.8 Å². The summed E-state index contributed by atoms with van der Waals surface area (Å²) in [5.41, 5.74) is 0.773. The Labute approximate surface area is 147 Å². The van der Waals surface area contributed by atoms with E-state index in [9.17, 15) is 13.2 Å². The van der Waals surface area contributed by atoms with Crippen molar-refractivity contribution in [3.63, 3.8) is 0 Å². The van der Waals surface area contributed by atoms with Gasteiger partial charge in [0.2, 0.25) is 15.9 Å². The molecule has 24 heavy (non-hydrogen) atoms. The van der Waals surface area contributed by atoms with E-state index in [0.717, 1.165) is 36.3 Å². The Morgan fingerprint density at radius 3 is 2.58 bits per heavy atom. The molecule has 0 unspecified atom stereocenters. The Bertz CT molecular complexity index is 768. The fourth-order valence-corrected chi connectivity index (χ4v) is 6.05. The van der Waals surface area contributed by atoms with E-state index in [2.05, 4.69) is 6.92 Å². The molecule has 4 rings (SSSR count). The van der Waals surface area contributed by atoms with Crippen LogP contribution in [0.2, 0.25) is 0 Å². The van der Waals surface area contributed by atoms with Gasteiger partial charge in [-0.05, 0) is 43.9 Å². The Morgan fingerprint density at radius 2 is 1.92 bits per heavy atom. The predicted octanol–water partition coefficient (Wildman–Crippen LogP) is 2.71. The minimum atomic E-state index is -3.45. The highest BCUT2D eigenvalue weighted by molar-refractivity contribution is 8.00. The maximum Gasteiger partial charge on any atom is 0.243 e. The molecule has 5 nitrogen and oxygen atoms in total. The zero-order valence-electron chi connectivity index (χ0n) is 13.8. The van der Waals surface area contributed by atoms with Gasteiger partial charge in [-0.1, -0.05) is 6.92 Å². The van der Waals surface area contributed by atoms with Crippen molar-refractivity contribution in [3.05, 3.63) is 18.2 Å². The minimum Gasteiger partial charge on any atom is -0.310 e. The average Bonchev–Trinajstić information content (AvgIpc) is 3.26. The summed E-state index contributed by atoms with van der Waals surface area (Å²) in [7, 11) is -3.45. The van der Waals surface area contributed by atoms with Crippen LogP contribution in [0.4, 0.5) is 5.69 Å². The second kappa shape index (κ2) is 6.04. The molecule has 3 aliphatic rings. The van der Waals surface area contributed by atoms with Crippen LogP contribution in [0.1, 0.15) is 32.6 Å². The zero-order valence-corrected chi connectivity index (χ0v) is 15.4. The number of hydrogen-bond donors (Lipinski definition) is 0. The van der Waals surface area contributed by atoms with Gasteiger partial charge in [0, 0.05) is 35.7 Å². The van der Waals surface area contributed by atoms with Gasteiger partial charge in [0.05, 0.1) is 10.6 Å². The topological polar surface area (TPSA) is 57.7 Å². The quantitative estimate of drug-likeness (QED) is 0.825. The van der Waals surface area contributed by atoms with Gasteiger partial charge in [0.1, 0.15) is 0 Å². The van der Waals surface area contributed by atoms with Crippen molar-refractivity contribution in [1.82, 2.24) is 4.31 Å². The molecule has 1 aromatic carbocycles. The number of rotatable bonds is 3. The van der Waals surface area contributed by atoms with E-state index in [0.29, 0.717) is 29.8 Å². The van der Waals surface area contributed by atoms with Gasteiger partial charge in [-0.15, -0.1) is 11.8 Å². The largest absolute Gasteiger partial charge is 0.310 e. The van der Waals surface area contributed by atoms with E-state index < -0.39 is 10.0 Å². The minimum absolute atomic E-state index is 0.131. The van der Waals surface area contributed by atoms with E-state index in [1.54, 1.807) is 28.2 Å². The van der Waals surface area contributed by atoms with Gasteiger partial charge in [-0.25, -0.2) is 8.42 Å². The molecular weight excluding hydrogens is 344 g/mol. The lowest BCUT2D eigenvalue weighted by Gasteiger charge is -2.33. The van der Waals surface area contributed by atoms with Crippen molar-refractivity contribution in [3.8, 4) is 0 Å². The van der Waals surface area contributed by atoms with Gasteiger partial charge < -0.3 is 4.90 Å². The summed E-state index contributed by atoms with van der Waals surface area (Å²) in [4.78, 5) is 15.8. The van der Waals surface area contributed by atoms with Gasteiger partial charge in [-0.3, -0.25) is 4.79 Å². The normalized spacial score (nSPS) is 24.9. The maximum absolute atomic E-state index is 12.8. The highest BCUT2D eigenvalue weighted by atomic mass is 32.2. The average molecular weight is 367 g/mol. The molecule has 130 valence electrons. The van der Waals surface area contributed by atoms with Gasteiger partial charge in [0.25, 0.3) is 0 Å². The molecule has 1 saturated heterocycles. The Balaban J connectivity index is 1.72. The summed E-state index contributed by atoms with van der Waals surface area (Å²) in [6.45, 7) is 3.95. The van der Waals surface area contributed by atoms with Crippen molar-refractivity contribution >= 4 is 33.4 Å². The van der Waals surface area contributed by atoms with Crippen LogP contribution in [0, 0.1) is 5.92 Å². The number of carbonyl (C=O) groups is 1.